The molecule has 1 fully saturated rings. The molecule has 14 heavy (non-hydrogen) atoms. The van der Waals surface area contributed by atoms with Gasteiger partial charge in [0.15, 0.2) is 0 Å². The lowest BCUT2D eigenvalue weighted by atomic mass is 10.7. The van der Waals surface area contributed by atoms with Gasteiger partial charge in [0.2, 0.25) is 0 Å². The normalized spacial score (nSPS) is 17.6. The van der Waals surface area contributed by atoms with Crippen LogP contribution in [-0.2, 0) is 10.0 Å². The Hall–Kier alpha value is 0.0900. The Bertz CT molecular complexity index is 436. The first kappa shape index (κ1) is 10.6. The van der Waals surface area contributed by atoms with E-state index in [0.29, 0.717) is 8.68 Å². The van der Waals surface area contributed by atoms with Crippen molar-refractivity contribution < 1.29 is 8.42 Å². The number of sulfonamides is 1. The Morgan fingerprint density at radius 2 is 2.21 bits per heavy atom. The SMILES string of the molecule is CN(C1CC1)S(=O)(=O)c1sccc1Br. The maximum atomic E-state index is 12.0. The largest absolute Gasteiger partial charge is 0.253 e. The summed E-state index contributed by atoms with van der Waals surface area (Å²) in [5.41, 5.74) is 0. The zero-order valence-corrected chi connectivity index (χ0v) is 10.8. The Morgan fingerprint density at radius 3 is 2.64 bits per heavy atom. The fraction of sp³-hybridized carbons (Fsp3) is 0.500. The van der Waals surface area contributed by atoms with Gasteiger partial charge in [0.25, 0.3) is 10.0 Å². The molecule has 0 amide bonds. The van der Waals surface area contributed by atoms with E-state index in [-0.39, 0.29) is 6.04 Å². The number of halogens is 1. The highest BCUT2D eigenvalue weighted by molar-refractivity contribution is 9.10. The van der Waals surface area contributed by atoms with E-state index < -0.39 is 10.0 Å². The first-order valence-electron chi connectivity index (χ1n) is 4.24. The first-order chi connectivity index (χ1) is 6.53. The van der Waals surface area contributed by atoms with Gasteiger partial charge < -0.3 is 0 Å². The quantitative estimate of drug-likeness (QED) is 0.858. The lowest BCUT2D eigenvalue weighted by Crippen LogP contribution is -2.28. The van der Waals surface area contributed by atoms with Crippen LogP contribution in [0.25, 0.3) is 0 Å². The van der Waals surface area contributed by atoms with Crippen molar-refractivity contribution in [2.75, 3.05) is 7.05 Å². The van der Waals surface area contributed by atoms with Crippen LogP contribution in [0, 0.1) is 0 Å². The lowest BCUT2D eigenvalue weighted by molar-refractivity contribution is 0.465. The number of hydrogen-bond acceptors (Lipinski definition) is 3. The number of nitrogens with zero attached hydrogens (tertiary/aromatic N) is 1. The minimum Gasteiger partial charge on any atom is -0.206 e. The van der Waals surface area contributed by atoms with Crippen LogP contribution in [0.15, 0.2) is 20.1 Å². The van der Waals surface area contributed by atoms with E-state index in [1.54, 1.807) is 18.5 Å². The Balaban J connectivity index is 2.37. The molecular weight excluding hydrogens is 286 g/mol. The predicted molar refractivity (Wildman–Crippen MR) is 60.0 cm³/mol. The van der Waals surface area contributed by atoms with Gasteiger partial charge >= 0.3 is 0 Å². The molecule has 0 aliphatic heterocycles. The molecule has 0 atom stereocenters. The first-order valence-corrected chi connectivity index (χ1v) is 7.36. The molecule has 78 valence electrons. The van der Waals surface area contributed by atoms with E-state index in [9.17, 15) is 8.42 Å². The molecule has 1 aromatic heterocycles. The summed E-state index contributed by atoms with van der Waals surface area (Å²) >= 11 is 4.50. The van der Waals surface area contributed by atoms with Crippen LogP contribution in [0.1, 0.15) is 12.8 Å². The maximum absolute atomic E-state index is 12.0. The van der Waals surface area contributed by atoms with Gasteiger partial charge in [-0.15, -0.1) is 11.3 Å². The Labute approximate surface area is 95.9 Å². The summed E-state index contributed by atoms with van der Waals surface area (Å²) in [6.07, 6.45) is 1.97. The molecule has 3 nitrogen and oxygen atoms in total. The fourth-order valence-electron chi connectivity index (χ4n) is 1.23. The second-order valence-corrected chi connectivity index (χ2v) is 7.27. The third kappa shape index (κ3) is 1.76. The van der Waals surface area contributed by atoms with Crippen LogP contribution in [0.3, 0.4) is 0 Å². The summed E-state index contributed by atoms with van der Waals surface area (Å²) in [7, 11) is -1.61. The molecule has 6 heteroatoms. The van der Waals surface area contributed by atoms with E-state index in [1.807, 2.05) is 0 Å². The van der Waals surface area contributed by atoms with Crippen LogP contribution in [0.5, 0.6) is 0 Å². The van der Waals surface area contributed by atoms with E-state index in [0.717, 1.165) is 12.8 Å². The van der Waals surface area contributed by atoms with E-state index in [2.05, 4.69) is 15.9 Å². The molecule has 0 radical (unpaired) electrons. The minimum absolute atomic E-state index is 0.217. The maximum Gasteiger partial charge on any atom is 0.253 e. The molecule has 1 heterocycles. The Kier molecular flexibility index (Phi) is 2.72. The monoisotopic (exact) mass is 295 g/mol. The highest BCUT2D eigenvalue weighted by Gasteiger charge is 2.36. The summed E-state index contributed by atoms with van der Waals surface area (Å²) in [6, 6.07) is 1.98. The van der Waals surface area contributed by atoms with Gasteiger partial charge in [-0.1, -0.05) is 0 Å². The zero-order valence-electron chi connectivity index (χ0n) is 7.60. The smallest absolute Gasteiger partial charge is 0.206 e. The van der Waals surface area contributed by atoms with Gasteiger partial charge in [-0.25, -0.2) is 8.42 Å². The van der Waals surface area contributed by atoms with Gasteiger partial charge in [0.05, 0.1) is 0 Å². The van der Waals surface area contributed by atoms with Crippen LogP contribution in [0.2, 0.25) is 0 Å². The molecule has 1 aromatic rings. The van der Waals surface area contributed by atoms with Gasteiger partial charge in [0.1, 0.15) is 4.21 Å². The van der Waals surface area contributed by atoms with Crippen LogP contribution < -0.4 is 0 Å². The molecule has 0 N–H and O–H groups in total. The molecule has 0 spiro atoms. The lowest BCUT2D eigenvalue weighted by Gasteiger charge is -2.14. The Morgan fingerprint density at radius 1 is 1.57 bits per heavy atom. The number of rotatable bonds is 3. The van der Waals surface area contributed by atoms with Crippen molar-refractivity contribution in [3.05, 3.63) is 15.9 Å². The summed E-state index contributed by atoms with van der Waals surface area (Å²) in [6.45, 7) is 0. The van der Waals surface area contributed by atoms with Crippen molar-refractivity contribution in [2.45, 2.75) is 23.1 Å². The van der Waals surface area contributed by atoms with Gasteiger partial charge in [-0.05, 0) is 40.2 Å². The van der Waals surface area contributed by atoms with E-state index in [4.69, 9.17) is 0 Å². The van der Waals surface area contributed by atoms with Crippen molar-refractivity contribution in [1.29, 1.82) is 0 Å². The molecule has 0 bridgehead atoms. The summed E-state index contributed by atoms with van der Waals surface area (Å²) in [5, 5.41) is 1.78. The predicted octanol–water partition coefficient (Wildman–Crippen LogP) is 2.29. The average Bonchev–Trinajstić information content (AvgIpc) is 2.87. The second kappa shape index (κ2) is 3.59. The van der Waals surface area contributed by atoms with Gasteiger partial charge in [-0.3, -0.25) is 0 Å². The molecule has 0 saturated heterocycles. The average molecular weight is 296 g/mol. The summed E-state index contributed by atoms with van der Waals surface area (Å²) < 4.78 is 26.6. The molecule has 1 aliphatic carbocycles. The van der Waals surface area contributed by atoms with Crippen molar-refractivity contribution >= 4 is 37.3 Å². The van der Waals surface area contributed by atoms with Crippen molar-refractivity contribution in [1.82, 2.24) is 4.31 Å². The molecule has 1 saturated carbocycles. The zero-order chi connectivity index (χ0) is 10.3. The van der Waals surface area contributed by atoms with Crippen LogP contribution in [0.4, 0.5) is 0 Å². The van der Waals surface area contributed by atoms with E-state index >= 15 is 0 Å². The minimum atomic E-state index is -3.26. The standard InChI is InChI=1S/C8H10BrNO2S2/c1-10(6-2-3-6)14(11,12)8-7(9)4-5-13-8/h4-6H,2-3H2,1H3. The molecule has 1 aliphatic rings. The van der Waals surface area contributed by atoms with Gasteiger partial charge in [0, 0.05) is 17.6 Å². The highest BCUT2D eigenvalue weighted by Crippen LogP contribution is 2.35. The number of hydrogen-bond donors (Lipinski definition) is 0. The highest BCUT2D eigenvalue weighted by atomic mass is 79.9. The molecule has 0 unspecified atom stereocenters. The van der Waals surface area contributed by atoms with Gasteiger partial charge in [-0.2, -0.15) is 4.31 Å². The summed E-state index contributed by atoms with van der Waals surface area (Å²) in [5.74, 6) is 0. The van der Waals surface area contributed by atoms with Crippen LogP contribution in [-0.4, -0.2) is 25.8 Å². The fourth-order valence-corrected chi connectivity index (χ4v) is 5.12. The molecule has 2 rings (SSSR count). The van der Waals surface area contributed by atoms with Crippen molar-refractivity contribution in [2.24, 2.45) is 0 Å². The summed E-state index contributed by atoms with van der Waals surface area (Å²) in [4.78, 5) is 0. The topological polar surface area (TPSA) is 37.4 Å². The molecule has 0 aromatic carbocycles. The van der Waals surface area contributed by atoms with Crippen LogP contribution >= 0.6 is 27.3 Å². The van der Waals surface area contributed by atoms with Crippen molar-refractivity contribution in [3.63, 3.8) is 0 Å². The van der Waals surface area contributed by atoms with E-state index in [1.165, 1.54) is 15.6 Å². The molecular formula is C8H10BrNO2S2. The second-order valence-electron chi connectivity index (χ2n) is 3.31. The number of thiophene rings is 1. The van der Waals surface area contributed by atoms with Crippen molar-refractivity contribution in [3.8, 4) is 0 Å². The third-order valence-corrected chi connectivity index (χ3v) is 6.82. The third-order valence-electron chi connectivity index (χ3n) is 2.26.